The minimum absolute atomic E-state index is 0.108. The van der Waals surface area contributed by atoms with Gasteiger partial charge in [-0.15, -0.1) is 0 Å². The van der Waals surface area contributed by atoms with Crippen LogP contribution in [-0.2, 0) is 59.0 Å². The molecule has 3 aliphatic heterocycles. The average Bonchev–Trinajstić information content (AvgIpc) is 4.04. The third-order valence-electron chi connectivity index (χ3n) is 14.7. The third kappa shape index (κ3) is 16.4. The predicted octanol–water partition coefficient (Wildman–Crippen LogP) is 1.67. The van der Waals surface area contributed by atoms with Crippen molar-refractivity contribution >= 4 is 53.2 Å². The standard InChI is InChI=1S/C54H85N7O14/c1-14-31(8)44-42(63)26-43(64)75-47(30(6)7)46(65)32(9)48(66)56-38(22-28(2)3)52(70)61-21-15-16-39(61)53(71)60(12)41(24-34-17-19-36(73-13)20-18-34)54(72)74-33(10)45(50(68)57-44)58-49(67)40(23-29(4)5)59(11)51(69)37-25-35(62)27-55-37/h17-20,28-33,35,37-42,44-45,47,55,62-63H,14-16,21-27H2,1-13H3,(H,56,66)(H,57,68)(H,58,67)/t31?,32?,33?,35?,37-,38-,39-,40?,41-,42?,44?,45?,47-/m0/s1. The number of methoxy groups -OCH3 is 1. The molecule has 0 aliphatic carbocycles. The van der Waals surface area contributed by atoms with Crippen molar-refractivity contribution in [3.63, 3.8) is 0 Å². The number of ether oxygens (including phenoxy) is 3. The predicted molar refractivity (Wildman–Crippen MR) is 276 cm³/mol. The SMILES string of the molecule is CCC(C)C1NC(=O)C(NC(=O)C(CC(C)C)N(C)C(=O)[C@@H]2CC(O)CN2)C(C)OC(=O)[C@H](Cc2ccc(OC)cc2)N(C)C(=O)[C@@H]2CCCN2C(=O)[C@H](CC(C)C)NC(=O)C(C)C(=O)[C@H](C(C)C)OC(=O)CC1O. The molecule has 0 aromatic heterocycles. The van der Waals surface area contributed by atoms with Crippen molar-refractivity contribution in [3.05, 3.63) is 29.8 Å². The maximum Gasteiger partial charge on any atom is 0.329 e. The molecule has 3 saturated heterocycles. The minimum Gasteiger partial charge on any atom is -0.497 e. The number of nitrogens with zero attached hydrogens (tertiary/aromatic N) is 3. The highest BCUT2D eigenvalue weighted by molar-refractivity contribution is 6.05. The molecule has 21 nitrogen and oxygen atoms in total. The van der Waals surface area contributed by atoms with Crippen molar-refractivity contribution in [2.45, 2.75) is 187 Å². The van der Waals surface area contributed by atoms with Crippen molar-refractivity contribution in [2.75, 3.05) is 34.3 Å². The number of Topliss-reactive ketones (excluding diaryl/α,β-unsaturated/α-hetero) is 1. The van der Waals surface area contributed by atoms with Crippen LogP contribution in [0.5, 0.6) is 5.75 Å². The van der Waals surface area contributed by atoms with Crippen molar-refractivity contribution < 1.29 is 67.6 Å². The fourth-order valence-corrected chi connectivity index (χ4v) is 9.91. The van der Waals surface area contributed by atoms with E-state index in [1.807, 2.05) is 27.7 Å². The molecule has 4 rings (SSSR count). The molecule has 6 amide bonds. The second-order valence-electron chi connectivity index (χ2n) is 21.9. The number of esters is 2. The number of fused-ring (bicyclic) bond motifs is 1. The molecule has 3 fully saturated rings. The van der Waals surface area contributed by atoms with Crippen LogP contribution in [-0.4, -0.2) is 179 Å². The molecule has 3 heterocycles. The maximum absolute atomic E-state index is 14.9. The second kappa shape index (κ2) is 27.9. The number of benzene rings is 1. The lowest BCUT2D eigenvalue weighted by Gasteiger charge is -2.36. The monoisotopic (exact) mass is 1060 g/mol. The van der Waals surface area contributed by atoms with Gasteiger partial charge in [0.1, 0.15) is 42.1 Å². The minimum atomic E-state index is -1.71. The summed E-state index contributed by atoms with van der Waals surface area (Å²) in [6.07, 6.45) is -4.74. The molecule has 8 unspecified atom stereocenters. The topological polar surface area (TPSA) is 280 Å². The van der Waals surface area contributed by atoms with Crippen molar-refractivity contribution in [1.82, 2.24) is 36.0 Å². The summed E-state index contributed by atoms with van der Waals surface area (Å²) in [4.78, 5) is 133. The lowest BCUT2D eigenvalue weighted by molar-refractivity contribution is -0.163. The molecule has 13 atom stereocenters. The van der Waals surface area contributed by atoms with Crippen LogP contribution < -0.4 is 26.0 Å². The van der Waals surface area contributed by atoms with Gasteiger partial charge in [0.2, 0.25) is 35.4 Å². The number of carbonyl (C=O) groups is 9. The highest BCUT2D eigenvalue weighted by Gasteiger charge is 2.45. The molecule has 0 bridgehead atoms. The largest absolute Gasteiger partial charge is 0.497 e. The van der Waals surface area contributed by atoms with Gasteiger partial charge in [-0.2, -0.15) is 0 Å². The summed E-state index contributed by atoms with van der Waals surface area (Å²) in [6.45, 7) is 17.2. The van der Waals surface area contributed by atoms with E-state index in [0.717, 1.165) is 0 Å². The van der Waals surface area contributed by atoms with E-state index in [1.165, 1.54) is 49.8 Å². The van der Waals surface area contributed by atoms with Crippen molar-refractivity contribution in [2.24, 2.45) is 29.6 Å². The first-order chi connectivity index (χ1) is 35.2. The normalized spacial score (nSPS) is 29.1. The van der Waals surface area contributed by atoms with Crippen LogP contribution in [0, 0.1) is 29.6 Å². The summed E-state index contributed by atoms with van der Waals surface area (Å²) < 4.78 is 17.2. The van der Waals surface area contributed by atoms with E-state index in [1.54, 1.807) is 52.0 Å². The zero-order chi connectivity index (χ0) is 56.2. The molecule has 1 aromatic rings. The summed E-state index contributed by atoms with van der Waals surface area (Å²) in [7, 11) is 4.36. The van der Waals surface area contributed by atoms with Gasteiger partial charge < -0.3 is 60.4 Å². The van der Waals surface area contributed by atoms with E-state index < -0.39 is 144 Å². The fraction of sp³-hybridized carbons (Fsp3) is 0.722. The molecule has 420 valence electrons. The number of hydrogen-bond acceptors (Lipinski definition) is 15. The molecule has 0 spiro atoms. The van der Waals surface area contributed by atoms with E-state index in [-0.39, 0.29) is 57.0 Å². The Hall–Kier alpha value is -5.67. The van der Waals surface area contributed by atoms with Crippen LogP contribution >= 0.6 is 0 Å². The number of nitrogens with one attached hydrogen (secondary N) is 4. The Kier molecular flexibility index (Phi) is 23.0. The average molecular weight is 1060 g/mol. The molecule has 6 N–H and O–H groups in total. The van der Waals surface area contributed by atoms with Gasteiger partial charge in [0.25, 0.3) is 0 Å². The highest BCUT2D eigenvalue weighted by Crippen LogP contribution is 2.26. The summed E-state index contributed by atoms with van der Waals surface area (Å²) in [6, 6.07) is -1.69. The first-order valence-corrected chi connectivity index (χ1v) is 26.6. The number of carbonyl (C=O) groups excluding carboxylic acids is 9. The van der Waals surface area contributed by atoms with Crippen LogP contribution in [0.25, 0.3) is 0 Å². The van der Waals surface area contributed by atoms with Gasteiger partial charge in [-0.05, 0) is 87.3 Å². The van der Waals surface area contributed by atoms with E-state index in [2.05, 4.69) is 21.3 Å². The van der Waals surface area contributed by atoms with Gasteiger partial charge in [-0.3, -0.25) is 38.4 Å². The Labute approximate surface area is 442 Å². The molecule has 1 aromatic carbocycles. The van der Waals surface area contributed by atoms with Gasteiger partial charge in [-0.25, -0.2) is 4.79 Å². The van der Waals surface area contributed by atoms with E-state index in [4.69, 9.17) is 14.2 Å². The zero-order valence-corrected chi connectivity index (χ0v) is 46.3. The summed E-state index contributed by atoms with van der Waals surface area (Å²) >= 11 is 0. The Morgan fingerprint density at radius 1 is 0.907 bits per heavy atom. The first-order valence-electron chi connectivity index (χ1n) is 26.6. The number of cyclic esters (lactones) is 2. The van der Waals surface area contributed by atoms with Crippen LogP contribution in [0.4, 0.5) is 0 Å². The maximum atomic E-state index is 14.9. The van der Waals surface area contributed by atoms with Gasteiger partial charge in [0.05, 0.1) is 43.7 Å². The lowest BCUT2D eigenvalue weighted by Crippen LogP contribution is -2.62. The fourth-order valence-electron chi connectivity index (χ4n) is 9.91. The number of amides is 6. The smallest absolute Gasteiger partial charge is 0.329 e. The lowest BCUT2D eigenvalue weighted by atomic mass is 9.91. The van der Waals surface area contributed by atoms with Crippen molar-refractivity contribution in [3.8, 4) is 5.75 Å². The Morgan fingerprint density at radius 3 is 2.12 bits per heavy atom. The zero-order valence-electron chi connectivity index (χ0n) is 46.3. The molecule has 21 heteroatoms. The number of β-amino-alcohol motifs (C(OH)–C–C–N with tert-alkyl or cyclic N) is 1. The molecular weight excluding hydrogens is 971 g/mol. The second-order valence-corrected chi connectivity index (χ2v) is 21.9. The number of ketones is 1. The van der Waals surface area contributed by atoms with Crippen molar-refractivity contribution in [1.29, 1.82) is 0 Å². The summed E-state index contributed by atoms with van der Waals surface area (Å²) in [5.41, 5.74) is 0.588. The Morgan fingerprint density at radius 2 is 1.56 bits per heavy atom. The van der Waals surface area contributed by atoms with Crippen LogP contribution in [0.1, 0.15) is 120 Å². The quantitative estimate of drug-likeness (QED) is 0.114. The Bertz CT molecular complexity index is 2170. The number of rotatable bonds is 14. The summed E-state index contributed by atoms with van der Waals surface area (Å²) in [5, 5.41) is 33.2. The van der Waals surface area contributed by atoms with E-state index in [0.29, 0.717) is 24.2 Å². The molecular formula is C54H85N7O14. The molecule has 0 saturated carbocycles. The number of hydrogen-bond donors (Lipinski definition) is 6. The Balaban J connectivity index is 1.88. The van der Waals surface area contributed by atoms with Gasteiger partial charge in [0.15, 0.2) is 11.9 Å². The van der Waals surface area contributed by atoms with E-state index >= 15 is 0 Å². The van der Waals surface area contributed by atoms with E-state index in [9.17, 15) is 53.4 Å². The van der Waals surface area contributed by atoms with Crippen LogP contribution in [0.15, 0.2) is 24.3 Å². The van der Waals surface area contributed by atoms with Gasteiger partial charge in [0, 0.05) is 33.6 Å². The number of aliphatic hydroxyl groups excluding tert-OH is 2. The van der Waals surface area contributed by atoms with Crippen LogP contribution in [0.3, 0.4) is 0 Å². The third-order valence-corrected chi connectivity index (χ3v) is 14.7. The molecule has 0 radical (unpaired) electrons. The highest BCUT2D eigenvalue weighted by atomic mass is 16.6. The first kappa shape index (κ1) is 61.9. The van der Waals surface area contributed by atoms with Gasteiger partial charge in [-0.1, -0.05) is 73.9 Å². The molecule has 75 heavy (non-hydrogen) atoms. The van der Waals surface area contributed by atoms with Crippen LogP contribution in [0.2, 0.25) is 0 Å². The number of aliphatic hydroxyl groups is 2. The summed E-state index contributed by atoms with van der Waals surface area (Å²) in [5.74, 6) is -9.18. The molecule has 3 aliphatic rings. The van der Waals surface area contributed by atoms with Gasteiger partial charge >= 0.3 is 11.9 Å². The number of likely N-dealkylation sites (N-methyl/N-ethyl adjacent to an activating group) is 2.